The van der Waals surface area contributed by atoms with Crippen molar-refractivity contribution in [3.63, 3.8) is 0 Å². The van der Waals surface area contributed by atoms with Crippen LogP contribution in [-0.2, 0) is 19.6 Å². The Morgan fingerprint density at radius 1 is 1.41 bits per heavy atom. The quantitative estimate of drug-likeness (QED) is 0.835. The number of rotatable bonds is 6. The van der Waals surface area contributed by atoms with Crippen molar-refractivity contribution in [1.29, 1.82) is 0 Å². The molecular weight excluding hydrogens is 311 g/mol. The molecule has 0 aliphatic carbocycles. The number of amides is 1. The van der Waals surface area contributed by atoms with E-state index in [-0.39, 0.29) is 17.5 Å². The third-order valence-electron chi connectivity index (χ3n) is 3.44. The zero-order chi connectivity index (χ0) is 16.2. The van der Waals surface area contributed by atoms with Gasteiger partial charge in [0.25, 0.3) is 0 Å². The monoisotopic (exact) mass is 330 g/mol. The van der Waals surface area contributed by atoms with Gasteiger partial charge < -0.3 is 10.1 Å². The summed E-state index contributed by atoms with van der Waals surface area (Å²) in [7, 11) is -2.50. The Kier molecular flexibility index (Phi) is 5.49. The smallest absolute Gasteiger partial charge is 0.243 e. The average molecular weight is 330 g/mol. The topological polar surface area (TPSA) is 75.7 Å². The number of sulfonamides is 1. The van der Waals surface area contributed by atoms with Gasteiger partial charge in [-0.1, -0.05) is 0 Å². The van der Waals surface area contributed by atoms with Gasteiger partial charge in [-0.15, -0.1) is 0 Å². The maximum Gasteiger partial charge on any atom is 0.243 e. The molecule has 1 amide bonds. The van der Waals surface area contributed by atoms with E-state index in [0.717, 1.165) is 29.3 Å². The summed E-state index contributed by atoms with van der Waals surface area (Å²) in [5, 5.41) is 2.66. The van der Waals surface area contributed by atoms with Gasteiger partial charge in [0, 0.05) is 20.2 Å². The zero-order valence-corrected chi connectivity index (χ0v) is 13.1. The first-order valence-corrected chi connectivity index (χ1v) is 8.44. The number of halogens is 1. The minimum absolute atomic E-state index is 0.00274. The minimum atomic E-state index is -3.81. The first-order chi connectivity index (χ1) is 10.4. The number of carbonyl (C=O) groups is 1. The molecule has 1 aromatic rings. The highest BCUT2D eigenvalue weighted by molar-refractivity contribution is 7.89. The van der Waals surface area contributed by atoms with Crippen molar-refractivity contribution in [2.75, 3.05) is 26.7 Å². The fourth-order valence-corrected chi connectivity index (χ4v) is 3.29. The van der Waals surface area contributed by atoms with Gasteiger partial charge in [-0.25, -0.2) is 12.8 Å². The highest BCUT2D eigenvalue weighted by Gasteiger charge is 2.23. The molecule has 1 N–H and O–H groups in total. The molecule has 0 spiro atoms. The van der Waals surface area contributed by atoms with Crippen LogP contribution in [0.2, 0.25) is 0 Å². The Morgan fingerprint density at radius 2 is 2.09 bits per heavy atom. The van der Waals surface area contributed by atoms with E-state index >= 15 is 0 Å². The minimum Gasteiger partial charge on any atom is -0.376 e. The highest BCUT2D eigenvalue weighted by Crippen LogP contribution is 2.14. The molecule has 122 valence electrons. The van der Waals surface area contributed by atoms with Gasteiger partial charge in [-0.05, 0) is 37.1 Å². The largest absolute Gasteiger partial charge is 0.376 e. The number of nitrogens with one attached hydrogen (secondary N) is 1. The van der Waals surface area contributed by atoms with E-state index in [4.69, 9.17) is 4.74 Å². The van der Waals surface area contributed by atoms with Crippen molar-refractivity contribution >= 4 is 15.9 Å². The second-order valence-electron chi connectivity index (χ2n) is 5.15. The molecule has 6 nitrogen and oxygen atoms in total. The molecule has 1 atom stereocenters. The molecule has 2 rings (SSSR count). The molecule has 8 heteroatoms. The van der Waals surface area contributed by atoms with Crippen molar-refractivity contribution in [3.05, 3.63) is 30.1 Å². The number of likely N-dealkylation sites (N-methyl/N-ethyl adjacent to an activating group) is 1. The van der Waals surface area contributed by atoms with Gasteiger partial charge in [-0.3, -0.25) is 4.79 Å². The molecule has 22 heavy (non-hydrogen) atoms. The third-order valence-corrected chi connectivity index (χ3v) is 5.26. The highest BCUT2D eigenvalue weighted by atomic mass is 32.2. The first-order valence-electron chi connectivity index (χ1n) is 7.00. The molecule has 0 radical (unpaired) electrons. The Balaban J connectivity index is 1.90. The average Bonchev–Trinajstić information content (AvgIpc) is 2.99. The number of hydrogen-bond acceptors (Lipinski definition) is 4. The molecule has 1 heterocycles. The summed E-state index contributed by atoms with van der Waals surface area (Å²) >= 11 is 0. The van der Waals surface area contributed by atoms with Gasteiger partial charge in [0.2, 0.25) is 15.9 Å². The van der Waals surface area contributed by atoms with E-state index in [2.05, 4.69) is 5.32 Å². The Bertz CT molecular complexity index is 612. The SMILES string of the molecule is CN(CC(=O)NC[C@@H]1CCCO1)S(=O)(=O)c1ccc(F)cc1. The van der Waals surface area contributed by atoms with E-state index in [1.54, 1.807) is 0 Å². The molecule has 1 aliphatic rings. The van der Waals surface area contributed by atoms with Crippen LogP contribution in [0.5, 0.6) is 0 Å². The summed E-state index contributed by atoms with van der Waals surface area (Å²) in [4.78, 5) is 11.8. The summed E-state index contributed by atoms with van der Waals surface area (Å²) < 4.78 is 43.6. The maximum atomic E-state index is 12.8. The second-order valence-corrected chi connectivity index (χ2v) is 7.20. The van der Waals surface area contributed by atoms with Gasteiger partial charge >= 0.3 is 0 Å². The molecule has 1 fully saturated rings. The molecule has 1 saturated heterocycles. The number of carbonyl (C=O) groups excluding carboxylic acids is 1. The molecule has 0 aromatic heterocycles. The van der Waals surface area contributed by atoms with E-state index in [9.17, 15) is 17.6 Å². The Labute approximate surface area is 129 Å². The maximum absolute atomic E-state index is 12.8. The van der Waals surface area contributed by atoms with Crippen LogP contribution < -0.4 is 5.32 Å². The van der Waals surface area contributed by atoms with Gasteiger partial charge in [0.1, 0.15) is 5.82 Å². The van der Waals surface area contributed by atoms with E-state index in [1.165, 1.54) is 19.2 Å². The lowest BCUT2D eigenvalue weighted by Crippen LogP contribution is -2.40. The lowest BCUT2D eigenvalue weighted by atomic mass is 10.2. The van der Waals surface area contributed by atoms with Crippen molar-refractivity contribution in [3.8, 4) is 0 Å². The van der Waals surface area contributed by atoms with E-state index < -0.39 is 21.7 Å². The van der Waals surface area contributed by atoms with Gasteiger partial charge in [-0.2, -0.15) is 4.31 Å². The van der Waals surface area contributed by atoms with Crippen LogP contribution in [0.25, 0.3) is 0 Å². The molecule has 1 aromatic carbocycles. The number of ether oxygens (including phenoxy) is 1. The van der Waals surface area contributed by atoms with Crippen LogP contribution in [0.1, 0.15) is 12.8 Å². The van der Waals surface area contributed by atoms with Crippen LogP contribution in [0, 0.1) is 5.82 Å². The number of benzene rings is 1. The normalized spacial score (nSPS) is 18.6. The predicted octanol–water partition coefficient (Wildman–Crippen LogP) is 0.741. The van der Waals surface area contributed by atoms with Crippen molar-refractivity contribution < 1.29 is 22.3 Å². The van der Waals surface area contributed by atoms with Crippen LogP contribution in [0.3, 0.4) is 0 Å². The van der Waals surface area contributed by atoms with Crippen LogP contribution in [0.4, 0.5) is 4.39 Å². The zero-order valence-electron chi connectivity index (χ0n) is 12.3. The van der Waals surface area contributed by atoms with Gasteiger partial charge in [0.05, 0.1) is 17.5 Å². The van der Waals surface area contributed by atoms with Gasteiger partial charge in [0.15, 0.2) is 0 Å². The van der Waals surface area contributed by atoms with Crippen molar-refractivity contribution in [2.45, 2.75) is 23.8 Å². The van der Waals surface area contributed by atoms with Crippen molar-refractivity contribution in [1.82, 2.24) is 9.62 Å². The Hall–Kier alpha value is -1.51. The summed E-state index contributed by atoms with van der Waals surface area (Å²) in [6, 6.07) is 4.48. The summed E-state index contributed by atoms with van der Waals surface area (Å²) in [6.07, 6.45) is 1.87. The Morgan fingerprint density at radius 3 is 2.68 bits per heavy atom. The number of nitrogens with zero attached hydrogens (tertiary/aromatic N) is 1. The fourth-order valence-electron chi connectivity index (χ4n) is 2.16. The summed E-state index contributed by atoms with van der Waals surface area (Å²) in [5.41, 5.74) is 0. The molecule has 1 aliphatic heterocycles. The van der Waals surface area contributed by atoms with E-state index in [0.29, 0.717) is 13.2 Å². The molecular formula is C14H19FN2O4S. The lowest BCUT2D eigenvalue weighted by Gasteiger charge is -2.17. The predicted molar refractivity (Wildman–Crippen MR) is 78.2 cm³/mol. The van der Waals surface area contributed by atoms with Crippen LogP contribution in [0.15, 0.2) is 29.2 Å². The second kappa shape index (κ2) is 7.17. The third kappa shape index (κ3) is 4.25. The standard InChI is InChI=1S/C14H19FN2O4S/c1-17(10-14(18)16-9-12-3-2-8-21-12)22(19,20)13-6-4-11(15)5-7-13/h4-7,12H,2-3,8-10H2,1H3,(H,16,18)/t12-/m0/s1. The summed E-state index contributed by atoms with van der Waals surface area (Å²) in [6.45, 7) is 0.773. The summed E-state index contributed by atoms with van der Waals surface area (Å²) in [5.74, 6) is -0.917. The van der Waals surface area contributed by atoms with Crippen molar-refractivity contribution in [2.24, 2.45) is 0 Å². The molecule has 0 saturated carbocycles. The first kappa shape index (κ1) is 16.9. The van der Waals surface area contributed by atoms with E-state index in [1.807, 2.05) is 0 Å². The van der Waals surface area contributed by atoms with Crippen LogP contribution >= 0.6 is 0 Å². The lowest BCUT2D eigenvalue weighted by molar-refractivity contribution is -0.121. The van der Waals surface area contributed by atoms with Crippen LogP contribution in [-0.4, -0.2) is 51.5 Å². The molecule has 0 unspecified atom stereocenters. The molecule has 0 bridgehead atoms. The number of hydrogen-bond donors (Lipinski definition) is 1. The fraction of sp³-hybridized carbons (Fsp3) is 0.500.